The highest BCUT2D eigenvalue weighted by atomic mass is 19.1. The Bertz CT molecular complexity index is 718. The van der Waals surface area contributed by atoms with Crippen molar-refractivity contribution in [1.82, 2.24) is 4.90 Å². The zero-order valence-corrected chi connectivity index (χ0v) is 12.6. The smallest absolute Gasteiger partial charge is 0.123 e. The van der Waals surface area contributed by atoms with E-state index < -0.39 is 0 Å². The van der Waals surface area contributed by atoms with Gasteiger partial charge in [-0.15, -0.1) is 0 Å². The fourth-order valence-electron chi connectivity index (χ4n) is 2.40. The van der Waals surface area contributed by atoms with Crippen molar-refractivity contribution in [2.75, 3.05) is 20.8 Å². The number of hydrogen-bond acceptors (Lipinski definition) is 3. The van der Waals surface area contributed by atoms with Crippen LogP contribution in [0.3, 0.4) is 0 Å². The molecule has 0 radical (unpaired) electrons. The summed E-state index contributed by atoms with van der Waals surface area (Å²) in [5.41, 5.74) is 3.96. The minimum Gasteiger partial charge on any atom is -0.497 e. The molecule has 0 aromatic heterocycles. The number of hydrogen-bond donors (Lipinski definition) is 0. The van der Waals surface area contributed by atoms with E-state index in [0.717, 1.165) is 28.3 Å². The third-order valence-corrected chi connectivity index (χ3v) is 3.66. The van der Waals surface area contributed by atoms with E-state index in [1.54, 1.807) is 19.2 Å². The molecule has 0 N–H and O–H groups in total. The van der Waals surface area contributed by atoms with Gasteiger partial charge < -0.3 is 9.64 Å². The zero-order valence-electron chi connectivity index (χ0n) is 12.6. The Hall–Kier alpha value is -2.62. The fourth-order valence-corrected chi connectivity index (χ4v) is 2.40. The topological polar surface area (TPSA) is 24.8 Å². The van der Waals surface area contributed by atoms with E-state index in [1.807, 2.05) is 37.4 Å². The van der Waals surface area contributed by atoms with E-state index in [2.05, 4.69) is 9.89 Å². The summed E-state index contributed by atoms with van der Waals surface area (Å²) in [5, 5.41) is 0. The van der Waals surface area contributed by atoms with Gasteiger partial charge in [-0.3, -0.25) is 4.99 Å². The molecule has 2 aromatic rings. The van der Waals surface area contributed by atoms with E-state index in [9.17, 15) is 4.39 Å². The highest BCUT2D eigenvalue weighted by Gasteiger charge is 2.14. The summed E-state index contributed by atoms with van der Waals surface area (Å²) in [7, 11) is 3.65. The Morgan fingerprint density at radius 3 is 2.27 bits per heavy atom. The monoisotopic (exact) mass is 296 g/mol. The highest BCUT2D eigenvalue weighted by Crippen LogP contribution is 2.24. The van der Waals surface area contributed by atoms with Crippen LogP contribution in [0.15, 0.2) is 59.6 Å². The maximum atomic E-state index is 13.1. The maximum Gasteiger partial charge on any atom is 0.123 e. The quantitative estimate of drug-likeness (QED) is 0.865. The van der Waals surface area contributed by atoms with Crippen molar-refractivity contribution in [3.63, 3.8) is 0 Å². The molecule has 4 heteroatoms. The van der Waals surface area contributed by atoms with E-state index >= 15 is 0 Å². The molecule has 0 bridgehead atoms. The molecule has 3 nitrogen and oxygen atoms in total. The van der Waals surface area contributed by atoms with E-state index in [1.165, 1.54) is 12.1 Å². The van der Waals surface area contributed by atoms with Crippen LogP contribution in [-0.2, 0) is 0 Å². The second kappa shape index (κ2) is 6.02. The molecule has 0 atom stereocenters. The predicted octanol–water partition coefficient (Wildman–Crippen LogP) is 3.57. The maximum absolute atomic E-state index is 13.1. The first-order valence-electron chi connectivity index (χ1n) is 7.05. The summed E-state index contributed by atoms with van der Waals surface area (Å²) >= 11 is 0. The third-order valence-electron chi connectivity index (χ3n) is 3.66. The molecule has 0 fully saturated rings. The third kappa shape index (κ3) is 2.86. The first-order valence-corrected chi connectivity index (χ1v) is 7.05. The number of ether oxygens (including phenoxy) is 1. The number of aliphatic imine (C=N–C) groups is 1. The molecule has 1 aliphatic heterocycles. The van der Waals surface area contributed by atoms with Gasteiger partial charge in [0.2, 0.25) is 0 Å². The molecule has 0 spiro atoms. The number of rotatable bonds is 3. The molecule has 0 saturated carbocycles. The normalized spacial score (nSPS) is 14.4. The molecular formula is C18H17FN2O. The van der Waals surface area contributed by atoms with Crippen molar-refractivity contribution in [2.45, 2.75) is 0 Å². The molecular weight excluding hydrogens is 279 g/mol. The molecule has 1 heterocycles. The number of nitrogens with zero attached hydrogens (tertiary/aromatic N) is 2. The Balaban J connectivity index is 1.94. The van der Waals surface area contributed by atoms with Crippen LogP contribution in [0, 0.1) is 5.82 Å². The van der Waals surface area contributed by atoms with Crippen LogP contribution in [0.1, 0.15) is 11.1 Å². The number of methoxy groups -OCH3 is 1. The summed E-state index contributed by atoms with van der Waals surface area (Å²) in [6.07, 6.45) is 2.03. The lowest BCUT2D eigenvalue weighted by molar-refractivity contribution is 0.414. The molecule has 0 saturated heterocycles. The molecule has 3 rings (SSSR count). The zero-order chi connectivity index (χ0) is 15.5. The first kappa shape index (κ1) is 14.3. The average molecular weight is 296 g/mol. The minimum absolute atomic E-state index is 0.239. The van der Waals surface area contributed by atoms with Gasteiger partial charge >= 0.3 is 0 Å². The van der Waals surface area contributed by atoms with E-state index in [-0.39, 0.29) is 5.82 Å². The summed E-state index contributed by atoms with van der Waals surface area (Å²) in [6, 6.07) is 14.3. The Labute approximate surface area is 129 Å². The average Bonchev–Trinajstić information content (AvgIpc) is 2.56. The van der Waals surface area contributed by atoms with E-state index in [4.69, 9.17) is 4.74 Å². The second-order valence-corrected chi connectivity index (χ2v) is 5.15. The number of halogens is 1. The summed E-state index contributed by atoms with van der Waals surface area (Å²) in [5.74, 6) is 0.590. The van der Waals surface area contributed by atoms with Crippen molar-refractivity contribution in [3.8, 4) is 5.75 Å². The largest absolute Gasteiger partial charge is 0.497 e. The van der Waals surface area contributed by atoms with Crippen LogP contribution >= 0.6 is 0 Å². The molecule has 0 amide bonds. The lowest BCUT2D eigenvalue weighted by Gasteiger charge is -2.25. The Kier molecular flexibility index (Phi) is 3.92. The minimum atomic E-state index is -0.239. The summed E-state index contributed by atoms with van der Waals surface area (Å²) < 4.78 is 18.2. The molecule has 112 valence electrons. The van der Waals surface area contributed by atoms with Gasteiger partial charge in [-0.25, -0.2) is 4.39 Å². The van der Waals surface area contributed by atoms with E-state index in [0.29, 0.717) is 6.67 Å². The summed E-state index contributed by atoms with van der Waals surface area (Å²) in [4.78, 5) is 6.62. The van der Waals surface area contributed by atoms with Gasteiger partial charge in [-0.1, -0.05) is 0 Å². The van der Waals surface area contributed by atoms with Gasteiger partial charge in [0, 0.05) is 18.3 Å². The van der Waals surface area contributed by atoms with Crippen LogP contribution < -0.4 is 4.74 Å². The van der Waals surface area contributed by atoms with Crippen LogP contribution in [0.25, 0.3) is 5.70 Å². The van der Waals surface area contributed by atoms with Crippen molar-refractivity contribution < 1.29 is 9.13 Å². The molecule has 1 aliphatic rings. The number of benzene rings is 2. The lowest BCUT2D eigenvalue weighted by Crippen LogP contribution is -2.23. The van der Waals surface area contributed by atoms with Gasteiger partial charge in [-0.2, -0.15) is 0 Å². The van der Waals surface area contributed by atoms with Gasteiger partial charge in [0.05, 0.1) is 12.8 Å². The van der Waals surface area contributed by atoms with Gasteiger partial charge in [0.15, 0.2) is 0 Å². The predicted molar refractivity (Wildman–Crippen MR) is 86.5 cm³/mol. The van der Waals surface area contributed by atoms with Gasteiger partial charge in [-0.05, 0) is 60.2 Å². The SMILES string of the molecule is COc1ccc(C2=CC(c3ccc(F)cc3)=NCN2C)cc1. The van der Waals surface area contributed by atoms with Crippen LogP contribution in [0.4, 0.5) is 4.39 Å². The molecule has 2 aromatic carbocycles. The van der Waals surface area contributed by atoms with Crippen LogP contribution in [0.5, 0.6) is 5.75 Å². The van der Waals surface area contributed by atoms with Crippen molar-refractivity contribution >= 4 is 11.4 Å². The van der Waals surface area contributed by atoms with Crippen molar-refractivity contribution in [1.29, 1.82) is 0 Å². The summed E-state index contributed by atoms with van der Waals surface area (Å²) in [6.45, 7) is 0.574. The van der Waals surface area contributed by atoms with Crippen molar-refractivity contribution in [2.24, 2.45) is 4.99 Å². The second-order valence-electron chi connectivity index (χ2n) is 5.15. The molecule has 22 heavy (non-hydrogen) atoms. The standard InChI is InChI=1S/C18H17FN2O/c1-21-12-20-17(13-3-7-15(19)8-4-13)11-18(21)14-5-9-16(22-2)10-6-14/h3-11H,12H2,1-2H3. The highest BCUT2D eigenvalue weighted by molar-refractivity contribution is 6.12. The van der Waals surface area contributed by atoms with Gasteiger partial charge in [0.1, 0.15) is 18.2 Å². The lowest BCUT2D eigenvalue weighted by atomic mass is 10.0. The Morgan fingerprint density at radius 2 is 1.64 bits per heavy atom. The number of allylic oxidation sites excluding steroid dienone is 1. The van der Waals surface area contributed by atoms with Crippen LogP contribution in [-0.4, -0.2) is 31.4 Å². The van der Waals surface area contributed by atoms with Gasteiger partial charge in [0.25, 0.3) is 0 Å². The molecule has 0 unspecified atom stereocenters. The fraction of sp³-hybridized carbons (Fsp3) is 0.167. The Morgan fingerprint density at radius 1 is 1.00 bits per heavy atom. The molecule has 0 aliphatic carbocycles. The van der Waals surface area contributed by atoms with Crippen molar-refractivity contribution in [3.05, 3.63) is 71.6 Å². The van der Waals surface area contributed by atoms with Crippen LogP contribution in [0.2, 0.25) is 0 Å². The first-order chi connectivity index (χ1) is 10.7.